The Labute approximate surface area is 225 Å². The summed E-state index contributed by atoms with van der Waals surface area (Å²) in [6.45, 7) is 5.25. The van der Waals surface area contributed by atoms with E-state index in [4.69, 9.17) is 4.74 Å². The Hall–Kier alpha value is -4.73. The topological polar surface area (TPSA) is 130 Å². The highest BCUT2D eigenvalue weighted by Gasteiger charge is 2.25. The Balaban J connectivity index is 1.19. The van der Waals surface area contributed by atoms with E-state index in [1.165, 1.54) is 18.2 Å². The molecule has 1 saturated heterocycles. The van der Waals surface area contributed by atoms with Crippen molar-refractivity contribution in [3.8, 4) is 5.75 Å². The number of amides is 2. The van der Waals surface area contributed by atoms with Crippen molar-refractivity contribution >= 4 is 34.2 Å². The van der Waals surface area contributed by atoms with Gasteiger partial charge in [-0.1, -0.05) is 12.1 Å². The fourth-order valence-corrected chi connectivity index (χ4v) is 5.24. The van der Waals surface area contributed by atoms with Gasteiger partial charge in [0.05, 0.1) is 23.1 Å². The zero-order valence-corrected chi connectivity index (χ0v) is 22.0. The first-order chi connectivity index (χ1) is 18.7. The number of carbonyl (C=O) groups excluding carboxylic acids is 2. The Morgan fingerprint density at radius 2 is 1.72 bits per heavy atom. The predicted molar refractivity (Wildman–Crippen MR) is 147 cm³/mol. The van der Waals surface area contributed by atoms with E-state index in [1.807, 2.05) is 55.1 Å². The number of hydrogen-bond acceptors (Lipinski definition) is 6. The molecule has 0 radical (unpaired) electrons. The van der Waals surface area contributed by atoms with Crippen molar-refractivity contribution in [2.45, 2.75) is 32.6 Å². The zero-order valence-electron chi connectivity index (χ0n) is 22.0. The van der Waals surface area contributed by atoms with E-state index in [2.05, 4.69) is 15.3 Å². The molecule has 2 heterocycles. The minimum Gasteiger partial charge on any atom is -0.496 e. The van der Waals surface area contributed by atoms with Crippen LogP contribution in [0.5, 0.6) is 5.75 Å². The molecular weight excluding hydrogens is 498 g/mol. The second-order valence-electron chi connectivity index (χ2n) is 9.83. The molecule has 10 nitrogen and oxygen atoms in total. The number of aromatic nitrogens is 2. The summed E-state index contributed by atoms with van der Waals surface area (Å²) >= 11 is 0. The summed E-state index contributed by atoms with van der Waals surface area (Å²) in [5, 5.41) is 13.8. The van der Waals surface area contributed by atoms with Gasteiger partial charge in [0.1, 0.15) is 5.75 Å². The molecule has 1 fully saturated rings. The third-order valence-corrected chi connectivity index (χ3v) is 7.22. The number of piperidine rings is 1. The van der Waals surface area contributed by atoms with Crippen LogP contribution in [0.1, 0.15) is 56.4 Å². The maximum atomic E-state index is 13.1. The van der Waals surface area contributed by atoms with E-state index >= 15 is 0 Å². The molecule has 0 bridgehead atoms. The van der Waals surface area contributed by atoms with Crippen molar-refractivity contribution in [3.63, 3.8) is 0 Å². The quantitative estimate of drug-likeness (QED) is 0.256. The van der Waals surface area contributed by atoms with E-state index in [1.54, 1.807) is 7.11 Å². The fraction of sp³-hybridized carbons (Fsp3) is 0.276. The van der Waals surface area contributed by atoms with Crippen molar-refractivity contribution < 1.29 is 19.2 Å². The van der Waals surface area contributed by atoms with Crippen LogP contribution in [0.4, 0.5) is 11.4 Å². The molecule has 2 amide bonds. The summed E-state index contributed by atoms with van der Waals surface area (Å²) in [6.07, 6.45) is 1.72. The van der Waals surface area contributed by atoms with Crippen molar-refractivity contribution in [1.82, 2.24) is 14.9 Å². The number of nitro benzene ring substituents is 1. The largest absolute Gasteiger partial charge is 0.496 e. The molecule has 1 aliphatic heterocycles. The van der Waals surface area contributed by atoms with Gasteiger partial charge in [0.2, 0.25) is 0 Å². The highest BCUT2D eigenvalue weighted by molar-refractivity contribution is 6.03. The summed E-state index contributed by atoms with van der Waals surface area (Å²) in [5.74, 6) is 0.824. The number of non-ortho nitro benzene ring substituents is 1. The number of fused-ring (bicyclic) bond motifs is 1. The van der Waals surface area contributed by atoms with E-state index in [-0.39, 0.29) is 17.4 Å². The van der Waals surface area contributed by atoms with Crippen molar-refractivity contribution in [2.24, 2.45) is 0 Å². The number of nitrogens with zero attached hydrogens (tertiary/aromatic N) is 3. The minimum atomic E-state index is -0.494. The third kappa shape index (κ3) is 5.31. The summed E-state index contributed by atoms with van der Waals surface area (Å²) in [6, 6.07) is 15.7. The molecule has 10 heteroatoms. The molecular formula is C29H29N5O5. The smallest absolute Gasteiger partial charge is 0.291 e. The van der Waals surface area contributed by atoms with Gasteiger partial charge in [-0.3, -0.25) is 19.7 Å². The number of ether oxygens (including phenoxy) is 1. The zero-order chi connectivity index (χ0) is 27.7. The number of likely N-dealkylation sites (tertiary alicyclic amines) is 1. The van der Waals surface area contributed by atoms with Crippen molar-refractivity contribution in [1.29, 1.82) is 0 Å². The number of hydrogen-bond donors (Lipinski definition) is 2. The Morgan fingerprint density at radius 1 is 1.05 bits per heavy atom. The van der Waals surface area contributed by atoms with E-state index in [0.717, 1.165) is 35.3 Å². The number of H-pyrrole nitrogens is 1. The van der Waals surface area contributed by atoms with Crippen molar-refractivity contribution in [2.75, 3.05) is 25.5 Å². The first-order valence-corrected chi connectivity index (χ1v) is 12.7. The molecule has 0 atom stereocenters. The number of anilines is 1. The maximum absolute atomic E-state index is 13.1. The van der Waals surface area contributed by atoms with Crippen LogP contribution < -0.4 is 10.1 Å². The van der Waals surface area contributed by atoms with E-state index in [0.29, 0.717) is 41.3 Å². The van der Waals surface area contributed by atoms with Gasteiger partial charge in [0.25, 0.3) is 17.5 Å². The van der Waals surface area contributed by atoms with Gasteiger partial charge in [-0.2, -0.15) is 0 Å². The number of imidazole rings is 1. The van der Waals surface area contributed by atoms with Crippen LogP contribution in [-0.2, 0) is 0 Å². The van der Waals surface area contributed by atoms with Crippen LogP contribution in [0, 0.1) is 24.0 Å². The number of nitro groups is 1. The van der Waals surface area contributed by atoms with Gasteiger partial charge in [0.15, 0.2) is 5.82 Å². The maximum Gasteiger partial charge on any atom is 0.291 e. The number of nitrogens with one attached hydrogen (secondary N) is 2. The van der Waals surface area contributed by atoms with E-state index < -0.39 is 10.8 Å². The number of benzene rings is 3. The molecule has 39 heavy (non-hydrogen) atoms. The Kier molecular flexibility index (Phi) is 7.02. The molecule has 2 N–H and O–H groups in total. The number of aromatic amines is 1. The predicted octanol–water partition coefficient (Wildman–Crippen LogP) is 5.37. The molecule has 0 aliphatic carbocycles. The summed E-state index contributed by atoms with van der Waals surface area (Å²) in [4.78, 5) is 45.3. The fourth-order valence-electron chi connectivity index (χ4n) is 5.24. The molecule has 0 saturated carbocycles. The van der Waals surface area contributed by atoms with Gasteiger partial charge in [-0.15, -0.1) is 0 Å². The second-order valence-corrected chi connectivity index (χ2v) is 9.83. The Bertz CT molecular complexity index is 1550. The van der Waals surface area contributed by atoms with Gasteiger partial charge >= 0.3 is 0 Å². The number of methoxy groups -OCH3 is 1. The highest BCUT2D eigenvalue weighted by Crippen LogP contribution is 2.31. The van der Waals surface area contributed by atoms with Crippen LogP contribution in [0.3, 0.4) is 0 Å². The molecule has 1 aromatic heterocycles. The van der Waals surface area contributed by atoms with Gasteiger partial charge < -0.3 is 19.9 Å². The number of aryl methyl sites for hydroxylation is 2. The normalized spacial score (nSPS) is 13.9. The average Bonchev–Trinajstić information content (AvgIpc) is 3.37. The molecule has 3 aromatic carbocycles. The highest BCUT2D eigenvalue weighted by atomic mass is 16.6. The first-order valence-electron chi connectivity index (χ1n) is 12.7. The van der Waals surface area contributed by atoms with Crippen LogP contribution >= 0.6 is 0 Å². The SMILES string of the molecule is COc1c(C)cc(C(=O)N2CCC(c3ccc(NC(=O)c4nc5ccc([N+](=O)[O-])cc5[nH]4)cc3)CC2)cc1C. The second kappa shape index (κ2) is 10.6. The monoisotopic (exact) mass is 527 g/mol. The summed E-state index contributed by atoms with van der Waals surface area (Å²) in [5.41, 5.74) is 5.19. The van der Waals surface area contributed by atoms with Gasteiger partial charge in [-0.05, 0) is 79.6 Å². The molecule has 4 aromatic rings. The van der Waals surface area contributed by atoms with Crippen LogP contribution in [0.2, 0.25) is 0 Å². The Morgan fingerprint density at radius 3 is 2.33 bits per heavy atom. The average molecular weight is 528 g/mol. The molecule has 200 valence electrons. The third-order valence-electron chi connectivity index (χ3n) is 7.22. The van der Waals surface area contributed by atoms with E-state index in [9.17, 15) is 19.7 Å². The molecule has 5 rings (SSSR count). The van der Waals surface area contributed by atoms with Crippen molar-refractivity contribution in [3.05, 3.63) is 92.8 Å². The molecule has 0 spiro atoms. The lowest BCUT2D eigenvalue weighted by Crippen LogP contribution is -2.38. The van der Waals surface area contributed by atoms with Crippen LogP contribution in [0.15, 0.2) is 54.6 Å². The molecule has 0 unspecified atom stereocenters. The lowest BCUT2D eigenvalue weighted by atomic mass is 9.89. The number of carbonyl (C=O) groups is 2. The lowest BCUT2D eigenvalue weighted by molar-refractivity contribution is -0.384. The minimum absolute atomic E-state index is 0.0422. The standard InChI is InChI=1S/C29H29N5O5/c1-17-14-21(15-18(2)26(17)39-3)29(36)33-12-10-20(11-13-33)19-4-6-22(7-5-19)30-28(35)27-31-24-9-8-23(34(37)38)16-25(24)32-27/h4-9,14-16,20H,10-13H2,1-3H3,(H,30,35)(H,31,32). The number of rotatable bonds is 6. The van der Waals surface area contributed by atoms with Crippen LogP contribution in [0.25, 0.3) is 11.0 Å². The lowest BCUT2D eigenvalue weighted by Gasteiger charge is -2.32. The summed E-state index contributed by atoms with van der Waals surface area (Å²) in [7, 11) is 1.64. The van der Waals surface area contributed by atoms with Gasteiger partial charge in [-0.25, -0.2) is 4.98 Å². The first kappa shape index (κ1) is 25.9. The van der Waals surface area contributed by atoms with Crippen LogP contribution in [-0.4, -0.2) is 51.8 Å². The van der Waals surface area contributed by atoms with Gasteiger partial charge in [0, 0.05) is 36.5 Å². The molecule has 1 aliphatic rings. The summed E-state index contributed by atoms with van der Waals surface area (Å²) < 4.78 is 5.42.